The number of nitrogens with zero attached hydrogens (tertiary/aromatic N) is 1. The lowest BCUT2D eigenvalue weighted by Crippen LogP contribution is -2.32. The Hall–Kier alpha value is -4.86. The number of amides is 3. The van der Waals surface area contributed by atoms with Crippen LogP contribution in [-0.4, -0.2) is 44.3 Å². The van der Waals surface area contributed by atoms with E-state index in [0.29, 0.717) is 40.8 Å². The zero-order valence-electron chi connectivity index (χ0n) is 19.8. The number of carbonyl (C=O) groups is 3. The molecule has 10 nitrogen and oxygen atoms in total. The maximum atomic E-state index is 12.2. The van der Waals surface area contributed by atoms with Gasteiger partial charge in [-0.15, -0.1) is 0 Å². The number of hydrogen-bond acceptors (Lipinski definition) is 7. The topological polar surface area (TPSA) is 127 Å². The normalized spacial score (nSPS) is 10.4. The zero-order valence-corrected chi connectivity index (χ0v) is 19.8. The van der Waals surface area contributed by atoms with Crippen molar-refractivity contribution in [1.82, 2.24) is 5.43 Å². The van der Waals surface area contributed by atoms with Crippen LogP contribution in [0.2, 0.25) is 0 Å². The third-order valence-corrected chi connectivity index (χ3v) is 4.62. The highest BCUT2D eigenvalue weighted by Gasteiger charge is 2.15. The van der Waals surface area contributed by atoms with E-state index in [9.17, 15) is 14.4 Å². The maximum absolute atomic E-state index is 12.2. The van der Waals surface area contributed by atoms with E-state index in [1.165, 1.54) is 6.21 Å². The van der Waals surface area contributed by atoms with Gasteiger partial charge in [-0.25, -0.2) is 5.43 Å². The van der Waals surface area contributed by atoms with E-state index in [0.717, 1.165) is 0 Å². The van der Waals surface area contributed by atoms with Crippen molar-refractivity contribution in [3.05, 3.63) is 78.4 Å². The first-order chi connectivity index (χ1) is 17.5. The minimum atomic E-state index is -0.944. The number of carbonyl (C=O) groups excluding carboxylic acids is 3. The molecule has 3 amide bonds. The number of benzene rings is 3. The van der Waals surface area contributed by atoms with E-state index in [1.54, 1.807) is 79.9 Å². The summed E-state index contributed by atoms with van der Waals surface area (Å²) in [6.07, 6.45) is 1.35. The highest BCUT2D eigenvalue weighted by molar-refractivity contribution is 6.39. The smallest absolute Gasteiger partial charge is 0.329 e. The van der Waals surface area contributed by atoms with Crippen LogP contribution in [0.25, 0.3) is 0 Å². The van der Waals surface area contributed by atoms with Crippen molar-refractivity contribution in [3.63, 3.8) is 0 Å². The molecule has 0 aliphatic carbocycles. The Bertz CT molecular complexity index is 1230. The van der Waals surface area contributed by atoms with Gasteiger partial charge >= 0.3 is 11.8 Å². The van der Waals surface area contributed by atoms with Crippen molar-refractivity contribution in [2.75, 3.05) is 31.0 Å². The minimum absolute atomic E-state index is 0.202. The Labute approximate surface area is 208 Å². The Morgan fingerprint density at radius 2 is 1.64 bits per heavy atom. The van der Waals surface area contributed by atoms with E-state index in [1.807, 2.05) is 6.92 Å². The van der Waals surface area contributed by atoms with E-state index in [4.69, 9.17) is 14.2 Å². The van der Waals surface area contributed by atoms with Crippen molar-refractivity contribution in [2.45, 2.75) is 6.92 Å². The van der Waals surface area contributed by atoms with Gasteiger partial charge in [-0.2, -0.15) is 5.10 Å². The summed E-state index contributed by atoms with van der Waals surface area (Å²) in [5.74, 6) is -0.589. The highest BCUT2D eigenvalue weighted by Crippen LogP contribution is 2.23. The molecule has 0 atom stereocenters. The Kier molecular flexibility index (Phi) is 9.40. The van der Waals surface area contributed by atoms with Crippen molar-refractivity contribution in [2.24, 2.45) is 5.10 Å². The van der Waals surface area contributed by atoms with Crippen molar-refractivity contribution in [1.29, 1.82) is 0 Å². The van der Waals surface area contributed by atoms with E-state index < -0.39 is 11.8 Å². The van der Waals surface area contributed by atoms with Crippen LogP contribution in [0.4, 0.5) is 11.4 Å². The molecule has 0 bridgehead atoms. The van der Waals surface area contributed by atoms with Gasteiger partial charge in [0.25, 0.3) is 5.91 Å². The van der Waals surface area contributed by atoms with E-state index in [2.05, 4.69) is 21.2 Å². The van der Waals surface area contributed by atoms with Crippen molar-refractivity contribution >= 4 is 35.3 Å². The van der Waals surface area contributed by atoms with E-state index >= 15 is 0 Å². The van der Waals surface area contributed by atoms with Gasteiger partial charge in [0.15, 0.2) is 6.61 Å². The number of para-hydroxylation sites is 2. The molecule has 0 aromatic heterocycles. The van der Waals surface area contributed by atoms with Crippen LogP contribution >= 0.6 is 0 Å². The molecule has 3 N–H and O–H groups in total. The molecule has 0 aliphatic heterocycles. The third kappa shape index (κ3) is 7.87. The van der Waals surface area contributed by atoms with Crippen LogP contribution in [0.1, 0.15) is 12.5 Å². The molecule has 186 valence electrons. The van der Waals surface area contributed by atoms with Gasteiger partial charge in [0.2, 0.25) is 0 Å². The summed E-state index contributed by atoms with van der Waals surface area (Å²) in [5.41, 5.74) is 3.76. The fourth-order valence-electron chi connectivity index (χ4n) is 2.95. The maximum Gasteiger partial charge on any atom is 0.329 e. The number of nitrogens with one attached hydrogen (secondary N) is 3. The van der Waals surface area contributed by atoms with Crippen LogP contribution in [0.15, 0.2) is 77.9 Å². The fourth-order valence-corrected chi connectivity index (χ4v) is 2.95. The number of methoxy groups -OCH3 is 1. The predicted molar refractivity (Wildman–Crippen MR) is 136 cm³/mol. The Morgan fingerprint density at radius 1 is 0.861 bits per heavy atom. The van der Waals surface area contributed by atoms with Crippen molar-refractivity contribution < 1.29 is 28.6 Å². The molecule has 3 rings (SSSR count). The van der Waals surface area contributed by atoms with Gasteiger partial charge in [-0.1, -0.05) is 24.3 Å². The summed E-state index contributed by atoms with van der Waals surface area (Å²) in [7, 11) is 1.57. The highest BCUT2D eigenvalue weighted by atomic mass is 16.5. The lowest BCUT2D eigenvalue weighted by Gasteiger charge is -2.10. The molecule has 0 fully saturated rings. The molecule has 36 heavy (non-hydrogen) atoms. The van der Waals surface area contributed by atoms with Gasteiger partial charge in [0, 0.05) is 5.69 Å². The molecule has 0 spiro atoms. The Morgan fingerprint density at radius 3 is 2.39 bits per heavy atom. The molecule has 0 aliphatic rings. The summed E-state index contributed by atoms with van der Waals surface area (Å²) in [5, 5.41) is 9.02. The van der Waals surface area contributed by atoms with Gasteiger partial charge in [0.1, 0.15) is 17.2 Å². The third-order valence-electron chi connectivity index (χ3n) is 4.62. The zero-order chi connectivity index (χ0) is 25.8. The minimum Gasteiger partial charge on any atom is -0.497 e. The second kappa shape index (κ2) is 13.1. The van der Waals surface area contributed by atoms with Gasteiger partial charge in [-0.3, -0.25) is 14.4 Å². The second-order valence-corrected chi connectivity index (χ2v) is 7.22. The van der Waals surface area contributed by atoms with Crippen LogP contribution in [0.3, 0.4) is 0 Å². The molecule has 0 radical (unpaired) electrons. The van der Waals surface area contributed by atoms with Gasteiger partial charge < -0.3 is 24.8 Å². The largest absolute Gasteiger partial charge is 0.497 e. The fraction of sp³-hybridized carbons (Fsp3) is 0.154. The number of anilines is 2. The first kappa shape index (κ1) is 25.8. The summed E-state index contributed by atoms with van der Waals surface area (Å²) in [6, 6.07) is 20.4. The quantitative estimate of drug-likeness (QED) is 0.228. The standard InChI is InChI=1S/C26H26N4O6/c1-3-35-23-10-5-4-9-22(23)29-25(32)26(33)30-27-16-18-7-6-8-21(15-18)36-17-24(31)28-19-11-13-20(34-2)14-12-19/h4-16H,3,17H2,1-2H3,(H,28,31)(H,29,32)(H,30,33)/b27-16-. The average molecular weight is 491 g/mol. The number of hydrazone groups is 1. The molecule has 3 aromatic carbocycles. The number of rotatable bonds is 10. The predicted octanol–water partition coefficient (Wildman–Crippen LogP) is 3.20. The second-order valence-electron chi connectivity index (χ2n) is 7.22. The molecule has 3 aromatic rings. The van der Waals surface area contributed by atoms with Crippen LogP contribution < -0.4 is 30.3 Å². The molecule has 0 saturated heterocycles. The summed E-state index contributed by atoms with van der Waals surface area (Å²) < 4.78 is 16.0. The van der Waals surface area contributed by atoms with Crippen molar-refractivity contribution in [3.8, 4) is 17.2 Å². The van der Waals surface area contributed by atoms with Gasteiger partial charge in [-0.05, 0) is 61.0 Å². The monoisotopic (exact) mass is 490 g/mol. The average Bonchev–Trinajstić information content (AvgIpc) is 2.89. The number of hydrogen-bond donors (Lipinski definition) is 3. The summed E-state index contributed by atoms with van der Waals surface area (Å²) >= 11 is 0. The lowest BCUT2D eigenvalue weighted by molar-refractivity contribution is -0.136. The van der Waals surface area contributed by atoms with Crippen LogP contribution in [0, 0.1) is 0 Å². The first-order valence-electron chi connectivity index (χ1n) is 11.0. The lowest BCUT2D eigenvalue weighted by atomic mass is 10.2. The molecule has 0 saturated carbocycles. The molecule has 10 heteroatoms. The first-order valence-corrected chi connectivity index (χ1v) is 11.0. The molecule has 0 unspecified atom stereocenters. The summed E-state index contributed by atoms with van der Waals surface area (Å²) in [6.45, 7) is 2.03. The molecule has 0 heterocycles. The molecular formula is C26H26N4O6. The summed E-state index contributed by atoms with van der Waals surface area (Å²) in [4.78, 5) is 36.4. The van der Waals surface area contributed by atoms with Crippen LogP contribution in [-0.2, 0) is 14.4 Å². The van der Waals surface area contributed by atoms with E-state index in [-0.39, 0.29) is 12.5 Å². The molecular weight excluding hydrogens is 464 g/mol. The van der Waals surface area contributed by atoms with Gasteiger partial charge in [0.05, 0.1) is 25.6 Å². The number of ether oxygens (including phenoxy) is 3. The Balaban J connectivity index is 1.48. The van der Waals surface area contributed by atoms with Crippen LogP contribution in [0.5, 0.6) is 17.2 Å². The SMILES string of the molecule is CCOc1ccccc1NC(=O)C(=O)N/N=C\c1cccc(OCC(=O)Nc2ccc(OC)cc2)c1.